The van der Waals surface area contributed by atoms with E-state index in [1.165, 1.54) is 10.5 Å². The summed E-state index contributed by atoms with van der Waals surface area (Å²) < 4.78 is 0. The van der Waals surface area contributed by atoms with Crippen molar-refractivity contribution in [2.24, 2.45) is 5.73 Å². The molecule has 0 radical (unpaired) electrons. The highest BCUT2D eigenvalue weighted by molar-refractivity contribution is 7.98. The van der Waals surface area contributed by atoms with Crippen LogP contribution in [-0.4, -0.2) is 12.2 Å². The first-order valence-electron chi connectivity index (χ1n) is 7.00. The first kappa shape index (κ1) is 14.2. The number of benzene rings is 2. The SMILES string of the molecule is CSc1ccccc1C(N)c1ccc2c(c1)CCC(=O)N2. The fraction of sp³-hybridized carbons (Fsp3) is 0.235. The maximum Gasteiger partial charge on any atom is 0.224 e. The molecule has 3 nitrogen and oxygen atoms in total. The van der Waals surface area contributed by atoms with E-state index in [2.05, 4.69) is 29.8 Å². The Kier molecular flexibility index (Phi) is 3.99. The van der Waals surface area contributed by atoms with Gasteiger partial charge >= 0.3 is 0 Å². The molecule has 2 aromatic rings. The van der Waals surface area contributed by atoms with Crippen molar-refractivity contribution in [1.29, 1.82) is 0 Å². The Hall–Kier alpha value is -1.78. The predicted molar refractivity (Wildman–Crippen MR) is 87.6 cm³/mol. The molecule has 0 aliphatic carbocycles. The highest BCUT2D eigenvalue weighted by Crippen LogP contribution is 2.31. The number of rotatable bonds is 3. The Bertz CT molecular complexity index is 684. The summed E-state index contributed by atoms with van der Waals surface area (Å²) in [4.78, 5) is 12.6. The summed E-state index contributed by atoms with van der Waals surface area (Å²) in [7, 11) is 0. The summed E-state index contributed by atoms with van der Waals surface area (Å²) in [5.74, 6) is 0.0901. The standard InChI is InChI=1S/C17H18N2OS/c1-21-15-5-3-2-4-13(15)17(18)12-6-8-14-11(10-12)7-9-16(20)19-14/h2-6,8,10,17H,7,9,18H2,1H3,(H,19,20). The molecule has 1 heterocycles. The molecular formula is C17H18N2OS. The van der Waals surface area contributed by atoms with Gasteiger partial charge in [0, 0.05) is 17.0 Å². The van der Waals surface area contributed by atoms with Gasteiger partial charge < -0.3 is 11.1 Å². The van der Waals surface area contributed by atoms with E-state index in [-0.39, 0.29) is 11.9 Å². The third-order valence-corrected chi connectivity index (χ3v) is 4.67. The van der Waals surface area contributed by atoms with Crippen molar-refractivity contribution in [3.63, 3.8) is 0 Å². The summed E-state index contributed by atoms with van der Waals surface area (Å²) in [5.41, 5.74) is 10.8. The van der Waals surface area contributed by atoms with Gasteiger partial charge in [0.2, 0.25) is 5.91 Å². The summed E-state index contributed by atoms with van der Waals surface area (Å²) in [6, 6.07) is 14.2. The molecule has 0 spiro atoms. The zero-order valence-electron chi connectivity index (χ0n) is 11.9. The Labute approximate surface area is 128 Å². The molecule has 1 amide bonds. The summed E-state index contributed by atoms with van der Waals surface area (Å²) in [5, 5.41) is 2.90. The molecular weight excluding hydrogens is 280 g/mol. The predicted octanol–water partition coefficient (Wildman–Crippen LogP) is 3.34. The number of amides is 1. The fourth-order valence-electron chi connectivity index (χ4n) is 2.70. The number of nitrogens with two attached hydrogens (primary N) is 1. The Morgan fingerprint density at radius 1 is 1.19 bits per heavy atom. The molecule has 0 bridgehead atoms. The minimum atomic E-state index is -0.142. The van der Waals surface area contributed by atoms with Crippen molar-refractivity contribution in [3.8, 4) is 0 Å². The van der Waals surface area contributed by atoms with E-state index in [1.54, 1.807) is 11.8 Å². The zero-order chi connectivity index (χ0) is 14.8. The molecule has 0 fully saturated rings. The Morgan fingerprint density at radius 3 is 2.81 bits per heavy atom. The summed E-state index contributed by atoms with van der Waals surface area (Å²) in [6.45, 7) is 0. The smallest absolute Gasteiger partial charge is 0.224 e. The van der Waals surface area contributed by atoms with Gasteiger partial charge in [0.15, 0.2) is 0 Å². The van der Waals surface area contributed by atoms with E-state index >= 15 is 0 Å². The molecule has 1 unspecified atom stereocenters. The van der Waals surface area contributed by atoms with Crippen LogP contribution in [0, 0.1) is 0 Å². The molecule has 3 rings (SSSR count). The maximum atomic E-state index is 11.4. The molecule has 1 atom stereocenters. The van der Waals surface area contributed by atoms with Crippen LogP contribution in [0.1, 0.15) is 29.2 Å². The highest BCUT2D eigenvalue weighted by atomic mass is 32.2. The number of hydrogen-bond acceptors (Lipinski definition) is 3. The van der Waals surface area contributed by atoms with Crippen LogP contribution in [0.5, 0.6) is 0 Å². The van der Waals surface area contributed by atoms with Crippen LogP contribution in [0.3, 0.4) is 0 Å². The lowest BCUT2D eigenvalue weighted by atomic mass is 9.94. The van der Waals surface area contributed by atoms with E-state index in [9.17, 15) is 4.79 Å². The van der Waals surface area contributed by atoms with Gasteiger partial charge in [-0.25, -0.2) is 0 Å². The second-order valence-electron chi connectivity index (χ2n) is 5.18. The monoisotopic (exact) mass is 298 g/mol. The number of thioether (sulfide) groups is 1. The fourth-order valence-corrected chi connectivity index (χ4v) is 3.35. The van der Waals surface area contributed by atoms with E-state index < -0.39 is 0 Å². The van der Waals surface area contributed by atoms with Gasteiger partial charge in [-0.05, 0) is 41.5 Å². The summed E-state index contributed by atoms with van der Waals surface area (Å²) >= 11 is 1.71. The minimum absolute atomic E-state index is 0.0901. The van der Waals surface area contributed by atoms with Crippen molar-refractivity contribution in [3.05, 3.63) is 59.2 Å². The van der Waals surface area contributed by atoms with Crippen LogP contribution in [-0.2, 0) is 11.2 Å². The lowest BCUT2D eigenvalue weighted by molar-refractivity contribution is -0.116. The van der Waals surface area contributed by atoms with Crippen LogP contribution in [0.15, 0.2) is 47.4 Å². The molecule has 0 aromatic heterocycles. The number of hydrogen-bond donors (Lipinski definition) is 2. The Morgan fingerprint density at radius 2 is 2.00 bits per heavy atom. The van der Waals surface area contributed by atoms with Gasteiger partial charge in [0.1, 0.15) is 0 Å². The number of carbonyl (C=O) groups is 1. The largest absolute Gasteiger partial charge is 0.326 e. The molecule has 21 heavy (non-hydrogen) atoms. The molecule has 0 saturated heterocycles. The van der Waals surface area contributed by atoms with Crippen molar-refractivity contribution in [2.45, 2.75) is 23.8 Å². The minimum Gasteiger partial charge on any atom is -0.326 e. The summed E-state index contributed by atoms with van der Waals surface area (Å²) in [6.07, 6.45) is 3.40. The quantitative estimate of drug-likeness (QED) is 0.855. The lowest BCUT2D eigenvalue weighted by Gasteiger charge is -2.21. The first-order valence-corrected chi connectivity index (χ1v) is 8.22. The average Bonchev–Trinajstić information content (AvgIpc) is 2.53. The number of nitrogens with one attached hydrogen (secondary N) is 1. The molecule has 1 aliphatic rings. The molecule has 0 saturated carbocycles. The van der Waals surface area contributed by atoms with Crippen LogP contribution >= 0.6 is 11.8 Å². The topological polar surface area (TPSA) is 55.1 Å². The third-order valence-electron chi connectivity index (χ3n) is 3.86. The van der Waals surface area contributed by atoms with E-state index in [0.29, 0.717) is 6.42 Å². The van der Waals surface area contributed by atoms with Crippen LogP contribution in [0.2, 0.25) is 0 Å². The van der Waals surface area contributed by atoms with Gasteiger partial charge in [0.05, 0.1) is 6.04 Å². The molecule has 2 aromatic carbocycles. The molecule has 1 aliphatic heterocycles. The van der Waals surface area contributed by atoms with Crippen molar-refractivity contribution in [1.82, 2.24) is 0 Å². The maximum absolute atomic E-state index is 11.4. The third kappa shape index (κ3) is 2.82. The average molecular weight is 298 g/mol. The van der Waals surface area contributed by atoms with Gasteiger partial charge in [0.25, 0.3) is 0 Å². The number of carbonyl (C=O) groups excluding carboxylic acids is 1. The lowest BCUT2D eigenvalue weighted by Crippen LogP contribution is -2.20. The van der Waals surface area contributed by atoms with Gasteiger partial charge in [-0.1, -0.05) is 30.3 Å². The number of aryl methyl sites for hydroxylation is 1. The second kappa shape index (κ2) is 5.92. The first-order chi connectivity index (χ1) is 10.2. The zero-order valence-corrected chi connectivity index (χ0v) is 12.7. The van der Waals surface area contributed by atoms with E-state index in [4.69, 9.17) is 5.73 Å². The molecule has 108 valence electrons. The van der Waals surface area contributed by atoms with Gasteiger partial charge in [-0.3, -0.25) is 4.79 Å². The molecule has 4 heteroatoms. The number of anilines is 1. The highest BCUT2D eigenvalue weighted by Gasteiger charge is 2.18. The van der Waals surface area contributed by atoms with Gasteiger partial charge in [-0.2, -0.15) is 0 Å². The van der Waals surface area contributed by atoms with Crippen LogP contribution in [0.25, 0.3) is 0 Å². The van der Waals surface area contributed by atoms with Gasteiger partial charge in [-0.15, -0.1) is 11.8 Å². The van der Waals surface area contributed by atoms with Crippen molar-refractivity contribution >= 4 is 23.4 Å². The van der Waals surface area contributed by atoms with Crippen molar-refractivity contribution in [2.75, 3.05) is 11.6 Å². The Balaban J connectivity index is 1.95. The van der Waals surface area contributed by atoms with Crippen LogP contribution < -0.4 is 11.1 Å². The molecule has 3 N–H and O–H groups in total. The van der Waals surface area contributed by atoms with E-state index in [0.717, 1.165) is 23.2 Å². The second-order valence-corrected chi connectivity index (χ2v) is 6.03. The van der Waals surface area contributed by atoms with Crippen molar-refractivity contribution < 1.29 is 4.79 Å². The van der Waals surface area contributed by atoms with Crippen LogP contribution in [0.4, 0.5) is 5.69 Å². The number of fused-ring (bicyclic) bond motifs is 1. The normalized spacial score (nSPS) is 15.2. The van der Waals surface area contributed by atoms with E-state index in [1.807, 2.05) is 24.3 Å².